The molecule has 1 aliphatic carbocycles. The van der Waals surface area contributed by atoms with Crippen molar-refractivity contribution < 1.29 is 19.2 Å². The molecule has 0 N–H and O–H groups in total. The van der Waals surface area contributed by atoms with E-state index >= 15 is 0 Å². The summed E-state index contributed by atoms with van der Waals surface area (Å²) in [6, 6.07) is 11.2. The van der Waals surface area contributed by atoms with E-state index in [1.807, 2.05) is 6.92 Å². The highest BCUT2D eigenvalue weighted by atomic mass is 35.5. The summed E-state index contributed by atoms with van der Waals surface area (Å²) in [6.07, 6.45) is 2.91. The number of amides is 3. The summed E-state index contributed by atoms with van der Waals surface area (Å²) in [5.74, 6) is -2.88. The Hall–Kier alpha value is -2.70. The first kappa shape index (κ1) is 22.5. The average Bonchev–Trinajstić information content (AvgIpc) is 3.02. The van der Waals surface area contributed by atoms with Gasteiger partial charge < -0.3 is 0 Å². The molecule has 0 aromatic heterocycles. The largest absolute Gasteiger partial charge is 0.292 e. The predicted molar refractivity (Wildman–Crippen MR) is 120 cm³/mol. The summed E-state index contributed by atoms with van der Waals surface area (Å²) in [7, 11) is 0. The molecule has 0 spiro atoms. The zero-order valence-electron chi connectivity index (χ0n) is 17.5. The number of hydrazine groups is 1. The van der Waals surface area contributed by atoms with Crippen LogP contribution in [-0.4, -0.2) is 40.1 Å². The minimum atomic E-state index is -0.701. The summed E-state index contributed by atoms with van der Waals surface area (Å²) in [6.45, 7) is 1.44. The number of carbonyl (C=O) groups is 4. The van der Waals surface area contributed by atoms with E-state index in [0.717, 1.165) is 28.4 Å². The second-order valence-corrected chi connectivity index (χ2v) is 9.11. The highest BCUT2D eigenvalue weighted by Gasteiger charge is 2.51. The number of Topliss-reactive ketones (excluding diaryl/α,β-unsaturated/α-hetero) is 1. The van der Waals surface area contributed by atoms with E-state index in [1.165, 1.54) is 18.2 Å². The highest BCUT2D eigenvalue weighted by molar-refractivity contribution is 6.36. The van der Waals surface area contributed by atoms with Crippen LogP contribution in [-0.2, 0) is 9.59 Å². The number of imide groups is 1. The molecule has 32 heavy (non-hydrogen) atoms. The molecule has 1 aliphatic heterocycles. The number of benzene rings is 2. The van der Waals surface area contributed by atoms with Gasteiger partial charge in [-0.05, 0) is 38.0 Å². The van der Waals surface area contributed by atoms with Gasteiger partial charge >= 0.3 is 0 Å². The second-order valence-electron chi connectivity index (χ2n) is 8.26. The van der Waals surface area contributed by atoms with Crippen LogP contribution < -0.4 is 0 Å². The van der Waals surface area contributed by atoms with Crippen LogP contribution in [0.5, 0.6) is 0 Å². The van der Waals surface area contributed by atoms with Gasteiger partial charge in [-0.1, -0.05) is 65.9 Å². The Morgan fingerprint density at radius 2 is 1.56 bits per heavy atom. The number of hydrogen-bond acceptors (Lipinski definition) is 4. The fourth-order valence-corrected chi connectivity index (χ4v) is 4.87. The molecular formula is C24H22Cl2N2O4. The number of rotatable bonds is 5. The Kier molecular flexibility index (Phi) is 6.35. The third-order valence-corrected chi connectivity index (χ3v) is 6.67. The molecule has 2 atom stereocenters. The van der Waals surface area contributed by atoms with E-state index in [1.54, 1.807) is 24.3 Å². The van der Waals surface area contributed by atoms with Crippen molar-refractivity contribution in [1.82, 2.24) is 10.0 Å². The van der Waals surface area contributed by atoms with E-state index in [-0.39, 0.29) is 16.4 Å². The van der Waals surface area contributed by atoms with E-state index in [2.05, 4.69) is 0 Å². The van der Waals surface area contributed by atoms with Gasteiger partial charge in [0.1, 0.15) is 6.54 Å². The Bertz CT molecular complexity index is 1080. The van der Waals surface area contributed by atoms with Crippen LogP contribution in [0.1, 0.15) is 52.0 Å². The Morgan fingerprint density at radius 1 is 0.969 bits per heavy atom. The van der Waals surface area contributed by atoms with Gasteiger partial charge in [0.2, 0.25) is 0 Å². The molecule has 4 rings (SSSR count). The van der Waals surface area contributed by atoms with Crippen molar-refractivity contribution in [1.29, 1.82) is 0 Å². The Morgan fingerprint density at radius 3 is 2.12 bits per heavy atom. The van der Waals surface area contributed by atoms with Crippen molar-refractivity contribution in [3.63, 3.8) is 0 Å². The van der Waals surface area contributed by atoms with Gasteiger partial charge in [-0.15, -0.1) is 0 Å². The summed E-state index contributed by atoms with van der Waals surface area (Å²) in [5.41, 5.74) is 1.42. The van der Waals surface area contributed by atoms with E-state index in [9.17, 15) is 19.2 Å². The third-order valence-electron chi connectivity index (χ3n) is 6.12. The van der Waals surface area contributed by atoms with E-state index in [0.29, 0.717) is 23.4 Å². The van der Waals surface area contributed by atoms with Crippen molar-refractivity contribution in [2.75, 3.05) is 6.54 Å². The van der Waals surface area contributed by atoms with Crippen LogP contribution in [0.4, 0.5) is 0 Å². The number of halogens is 2. The lowest BCUT2D eigenvalue weighted by Gasteiger charge is -2.30. The number of fused-ring (bicyclic) bond motifs is 1. The molecule has 0 radical (unpaired) electrons. The third kappa shape index (κ3) is 4.17. The summed E-state index contributed by atoms with van der Waals surface area (Å²) in [5, 5.41) is 2.24. The number of nitrogens with zero attached hydrogens (tertiary/aromatic N) is 2. The normalized spacial score (nSPS) is 20.3. The van der Waals surface area contributed by atoms with Gasteiger partial charge in [0, 0.05) is 10.6 Å². The molecular weight excluding hydrogens is 451 g/mol. The molecule has 0 bridgehead atoms. The molecule has 2 aliphatic rings. The summed E-state index contributed by atoms with van der Waals surface area (Å²) < 4.78 is 0. The predicted octanol–water partition coefficient (Wildman–Crippen LogP) is 4.72. The van der Waals surface area contributed by atoms with Crippen LogP contribution in [0.2, 0.25) is 10.0 Å². The quantitative estimate of drug-likeness (QED) is 0.466. The van der Waals surface area contributed by atoms with Gasteiger partial charge in [-0.25, -0.2) is 5.01 Å². The SMILES string of the molecule is Cc1ccc(C(=O)CN(C(=O)c2ccc(Cl)cc2Cl)N2C(=O)[C@@H]3CCCC[C@H]3C2=O)cc1. The second kappa shape index (κ2) is 9.04. The van der Waals surface area contributed by atoms with Crippen LogP contribution in [0.3, 0.4) is 0 Å². The fourth-order valence-electron chi connectivity index (χ4n) is 4.38. The molecule has 2 fully saturated rings. The molecule has 1 saturated carbocycles. The topological polar surface area (TPSA) is 74.8 Å². The maximum Gasteiger partial charge on any atom is 0.274 e. The van der Waals surface area contributed by atoms with Crippen LogP contribution in [0.15, 0.2) is 42.5 Å². The molecule has 8 heteroatoms. The zero-order chi connectivity index (χ0) is 23.0. The maximum atomic E-state index is 13.5. The molecule has 2 aromatic rings. The van der Waals surface area contributed by atoms with Gasteiger partial charge in [-0.2, -0.15) is 5.01 Å². The molecule has 1 saturated heterocycles. The number of carbonyl (C=O) groups excluding carboxylic acids is 4. The number of ketones is 1. The van der Waals surface area contributed by atoms with Gasteiger partial charge in [0.05, 0.1) is 22.4 Å². The smallest absolute Gasteiger partial charge is 0.274 e. The van der Waals surface area contributed by atoms with E-state index < -0.39 is 36.1 Å². The molecule has 0 unspecified atom stereocenters. The lowest BCUT2D eigenvalue weighted by molar-refractivity contribution is -0.154. The summed E-state index contributed by atoms with van der Waals surface area (Å²) in [4.78, 5) is 52.9. The number of aryl methyl sites for hydroxylation is 1. The summed E-state index contributed by atoms with van der Waals surface area (Å²) >= 11 is 12.2. The first-order chi connectivity index (χ1) is 15.3. The zero-order valence-corrected chi connectivity index (χ0v) is 19.0. The van der Waals surface area contributed by atoms with Crippen molar-refractivity contribution >= 4 is 46.7 Å². The van der Waals surface area contributed by atoms with Crippen molar-refractivity contribution in [3.8, 4) is 0 Å². The van der Waals surface area contributed by atoms with Crippen LogP contribution in [0.25, 0.3) is 0 Å². The lowest BCUT2D eigenvalue weighted by atomic mass is 9.81. The van der Waals surface area contributed by atoms with Gasteiger partial charge in [0.15, 0.2) is 5.78 Å². The molecule has 3 amide bonds. The minimum absolute atomic E-state index is 0.0586. The molecule has 2 aromatic carbocycles. The van der Waals surface area contributed by atoms with Gasteiger partial charge in [0.25, 0.3) is 17.7 Å². The monoisotopic (exact) mass is 472 g/mol. The maximum absolute atomic E-state index is 13.5. The highest BCUT2D eigenvalue weighted by Crippen LogP contribution is 2.39. The standard InChI is InChI=1S/C24H22Cl2N2O4/c1-14-6-8-15(9-7-14)21(29)13-27(22(30)19-11-10-16(25)12-20(19)26)28-23(31)17-4-2-3-5-18(17)24(28)32/h6-12,17-18H,2-5,13H2,1H3/t17-,18-/m1/s1. The molecule has 6 nitrogen and oxygen atoms in total. The lowest BCUT2D eigenvalue weighted by Crippen LogP contribution is -2.52. The van der Waals surface area contributed by atoms with Crippen LogP contribution in [0, 0.1) is 18.8 Å². The van der Waals surface area contributed by atoms with Crippen molar-refractivity contribution in [2.24, 2.45) is 11.8 Å². The Balaban J connectivity index is 1.71. The fraction of sp³-hybridized carbons (Fsp3) is 0.333. The van der Waals surface area contributed by atoms with E-state index in [4.69, 9.17) is 23.2 Å². The Labute approximate surface area is 196 Å². The van der Waals surface area contributed by atoms with Gasteiger partial charge in [-0.3, -0.25) is 19.2 Å². The average molecular weight is 473 g/mol. The first-order valence-corrected chi connectivity index (χ1v) is 11.3. The number of hydrogen-bond donors (Lipinski definition) is 0. The van der Waals surface area contributed by atoms with Crippen LogP contribution >= 0.6 is 23.2 Å². The van der Waals surface area contributed by atoms with Crippen molar-refractivity contribution in [2.45, 2.75) is 32.6 Å². The van der Waals surface area contributed by atoms with Crippen molar-refractivity contribution in [3.05, 3.63) is 69.2 Å². The first-order valence-electron chi connectivity index (χ1n) is 10.5. The minimum Gasteiger partial charge on any atom is -0.292 e. The molecule has 1 heterocycles. The molecule has 166 valence electrons.